The molecule has 0 saturated carbocycles. The minimum atomic E-state index is -0.0658. The summed E-state index contributed by atoms with van der Waals surface area (Å²) in [5.74, 6) is 2.50. The summed E-state index contributed by atoms with van der Waals surface area (Å²) in [6.45, 7) is 5.63. The van der Waals surface area contributed by atoms with Gasteiger partial charge in [0.2, 0.25) is 0 Å². The van der Waals surface area contributed by atoms with Gasteiger partial charge in [-0.15, -0.1) is 0 Å². The number of rotatable bonds is 4. The van der Waals surface area contributed by atoms with Crippen molar-refractivity contribution < 1.29 is 9.90 Å². The molecule has 4 nitrogen and oxygen atoms in total. The Morgan fingerprint density at radius 3 is 2.84 bits per heavy atom. The fraction of sp³-hybridized carbons (Fsp3) is 0.500. The molecule has 0 unspecified atom stereocenters. The predicted molar refractivity (Wildman–Crippen MR) is 78.9 cm³/mol. The van der Waals surface area contributed by atoms with Gasteiger partial charge in [0.1, 0.15) is 5.75 Å². The van der Waals surface area contributed by atoms with Gasteiger partial charge in [-0.05, 0) is 30.7 Å². The van der Waals surface area contributed by atoms with Crippen molar-refractivity contribution in [1.29, 1.82) is 0 Å². The summed E-state index contributed by atoms with van der Waals surface area (Å²) in [6, 6.07) is 4.82. The van der Waals surface area contributed by atoms with Gasteiger partial charge in [0.15, 0.2) is 0 Å². The molecule has 1 saturated heterocycles. The summed E-state index contributed by atoms with van der Waals surface area (Å²) in [4.78, 5) is 14.4. The molecular formula is C14H20N2O2S. The number of hydrogen-bond acceptors (Lipinski definition) is 4. The van der Waals surface area contributed by atoms with Crippen LogP contribution in [0.15, 0.2) is 18.2 Å². The number of aromatic hydroxyl groups is 1. The van der Waals surface area contributed by atoms with Gasteiger partial charge in [-0.25, -0.2) is 0 Å². The van der Waals surface area contributed by atoms with Crippen molar-refractivity contribution in [3.63, 3.8) is 0 Å². The van der Waals surface area contributed by atoms with Gasteiger partial charge in [-0.1, -0.05) is 0 Å². The second kappa shape index (κ2) is 6.82. The number of nitrogens with one attached hydrogen (secondary N) is 1. The van der Waals surface area contributed by atoms with Gasteiger partial charge in [0.05, 0.1) is 0 Å². The first kappa shape index (κ1) is 14.2. The molecule has 1 fully saturated rings. The van der Waals surface area contributed by atoms with Crippen molar-refractivity contribution in [1.82, 2.24) is 10.2 Å². The summed E-state index contributed by atoms with van der Waals surface area (Å²) in [5.41, 5.74) is 1.43. The molecule has 0 aliphatic carbocycles. The maximum absolute atomic E-state index is 12.0. The molecule has 1 heterocycles. The van der Waals surface area contributed by atoms with Gasteiger partial charge in [-0.2, -0.15) is 11.8 Å². The van der Waals surface area contributed by atoms with Crippen molar-refractivity contribution >= 4 is 17.7 Å². The van der Waals surface area contributed by atoms with Crippen LogP contribution in [-0.2, 0) is 0 Å². The Morgan fingerprint density at radius 2 is 2.16 bits per heavy atom. The van der Waals surface area contributed by atoms with Gasteiger partial charge in [-0.3, -0.25) is 9.69 Å². The van der Waals surface area contributed by atoms with Crippen LogP contribution in [0, 0.1) is 6.92 Å². The van der Waals surface area contributed by atoms with Crippen molar-refractivity contribution in [3.8, 4) is 5.75 Å². The fourth-order valence-corrected chi connectivity index (χ4v) is 3.13. The van der Waals surface area contributed by atoms with E-state index in [9.17, 15) is 9.90 Å². The maximum atomic E-state index is 12.0. The molecule has 19 heavy (non-hydrogen) atoms. The summed E-state index contributed by atoms with van der Waals surface area (Å²) < 4.78 is 0. The van der Waals surface area contributed by atoms with Gasteiger partial charge in [0, 0.05) is 43.2 Å². The van der Waals surface area contributed by atoms with E-state index in [0.29, 0.717) is 12.1 Å². The van der Waals surface area contributed by atoms with Gasteiger partial charge in [0.25, 0.3) is 5.91 Å². The highest BCUT2D eigenvalue weighted by Gasteiger charge is 2.12. The number of hydrogen-bond donors (Lipinski definition) is 2. The second-order valence-corrected chi connectivity index (χ2v) is 5.93. The smallest absolute Gasteiger partial charge is 0.251 e. The largest absolute Gasteiger partial charge is 0.508 e. The molecule has 1 aromatic rings. The predicted octanol–water partition coefficient (Wildman–Crippen LogP) is 1.48. The summed E-state index contributed by atoms with van der Waals surface area (Å²) in [7, 11) is 0. The van der Waals surface area contributed by atoms with Crippen molar-refractivity contribution in [3.05, 3.63) is 29.3 Å². The molecule has 1 aliphatic heterocycles. The molecule has 0 atom stereocenters. The van der Waals surface area contributed by atoms with Crippen LogP contribution in [0.1, 0.15) is 15.9 Å². The first-order valence-electron chi connectivity index (χ1n) is 6.55. The van der Waals surface area contributed by atoms with Crippen LogP contribution in [0.2, 0.25) is 0 Å². The molecule has 2 rings (SSSR count). The highest BCUT2D eigenvalue weighted by molar-refractivity contribution is 7.99. The first-order valence-corrected chi connectivity index (χ1v) is 7.70. The molecule has 0 spiro atoms. The lowest BCUT2D eigenvalue weighted by Gasteiger charge is -2.26. The molecule has 0 bridgehead atoms. The highest BCUT2D eigenvalue weighted by Crippen LogP contribution is 2.15. The number of amides is 1. The Labute approximate surface area is 118 Å². The van der Waals surface area contributed by atoms with E-state index < -0.39 is 0 Å². The highest BCUT2D eigenvalue weighted by atomic mass is 32.2. The molecule has 2 N–H and O–H groups in total. The zero-order chi connectivity index (χ0) is 13.7. The van der Waals surface area contributed by atoms with Crippen LogP contribution in [-0.4, -0.2) is 53.6 Å². The fourth-order valence-electron chi connectivity index (χ4n) is 2.15. The van der Waals surface area contributed by atoms with E-state index in [4.69, 9.17) is 0 Å². The Morgan fingerprint density at radius 1 is 1.42 bits per heavy atom. The number of carbonyl (C=O) groups is 1. The Hall–Kier alpha value is -1.20. The maximum Gasteiger partial charge on any atom is 0.251 e. The molecule has 0 radical (unpaired) electrons. The van der Waals surface area contributed by atoms with Crippen LogP contribution < -0.4 is 5.32 Å². The average molecular weight is 280 g/mol. The molecule has 5 heteroatoms. The van der Waals surface area contributed by atoms with E-state index in [2.05, 4.69) is 10.2 Å². The Bertz CT molecular complexity index is 445. The van der Waals surface area contributed by atoms with E-state index in [-0.39, 0.29) is 11.7 Å². The topological polar surface area (TPSA) is 52.6 Å². The quantitative estimate of drug-likeness (QED) is 0.877. The molecule has 1 amide bonds. The number of nitrogens with zero attached hydrogens (tertiary/aromatic N) is 1. The third kappa shape index (κ3) is 4.14. The lowest BCUT2D eigenvalue weighted by atomic mass is 10.1. The van der Waals surface area contributed by atoms with Crippen LogP contribution in [0.25, 0.3) is 0 Å². The number of carbonyl (C=O) groups excluding carboxylic acids is 1. The number of phenolic OH excluding ortho intramolecular Hbond substituents is 1. The Kier molecular flexibility index (Phi) is 5.10. The van der Waals surface area contributed by atoms with Crippen LogP contribution in [0.4, 0.5) is 0 Å². The number of phenols is 1. The Balaban J connectivity index is 1.80. The SMILES string of the molecule is Cc1cc(O)ccc1C(=O)NCCN1CCSCC1. The monoisotopic (exact) mass is 280 g/mol. The number of thioether (sulfide) groups is 1. The normalized spacial score (nSPS) is 16.3. The van der Waals surface area contributed by atoms with Crippen molar-refractivity contribution in [2.75, 3.05) is 37.7 Å². The lowest BCUT2D eigenvalue weighted by Crippen LogP contribution is -2.39. The minimum Gasteiger partial charge on any atom is -0.508 e. The number of benzene rings is 1. The van der Waals surface area contributed by atoms with Gasteiger partial charge < -0.3 is 10.4 Å². The summed E-state index contributed by atoms with van der Waals surface area (Å²) in [6.07, 6.45) is 0. The zero-order valence-corrected chi connectivity index (χ0v) is 12.0. The van der Waals surface area contributed by atoms with Gasteiger partial charge >= 0.3 is 0 Å². The average Bonchev–Trinajstić information content (AvgIpc) is 2.39. The van der Waals surface area contributed by atoms with E-state index in [0.717, 1.165) is 25.2 Å². The van der Waals surface area contributed by atoms with E-state index >= 15 is 0 Å². The summed E-state index contributed by atoms with van der Waals surface area (Å²) >= 11 is 1.99. The van der Waals surface area contributed by atoms with E-state index in [1.165, 1.54) is 11.5 Å². The molecule has 1 aromatic carbocycles. The van der Waals surface area contributed by atoms with E-state index in [1.807, 2.05) is 18.7 Å². The first-order chi connectivity index (χ1) is 9.16. The van der Waals surface area contributed by atoms with Crippen molar-refractivity contribution in [2.24, 2.45) is 0 Å². The molecule has 0 aromatic heterocycles. The third-order valence-corrected chi connectivity index (χ3v) is 4.21. The summed E-state index contributed by atoms with van der Waals surface area (Å²) in [5, 5.41) is 12.3. The molecule has 104 valence electrons. The van der Waals surface area contributed by atoms with Crippen LogP contribution >= 0.6 is 11.8 Å². The standard InChI is InChI=1S/C14H20N2O2S/c1-11-10-12(17)2-3-13(11)14(18)15-4-5-16-6-8-19-9-7-16/h2-3,10,17H,4-9H2,1H3,(H,15,18). The van der Waals surface area contributed by atoms with E-state index in [1.54, 1.807) is 18.2 Å². The molecule has 1 aliphatic rings. The molecular weight excluding hydrogens is 260 g/mol. The number of aryl methyl sites for hydroxylation is 1. The van der Waals surface area contributed by atoms with Crippen LogP contribution in [0.3, 0.4) is 0 Å². The zero-order valence-electron chi connectivity index (χ0n) is 11.2. The van der Waals surface area contributed by atoms with Crippen LogP contribution in [0.5, 0.6) is 5.75 Å². The third-order valence-electron chi connectivity index (χ3n) is 3.27. The minimum absolute atomic E-state index is 0.0658. The lowest BCUT2D eigenvalue weighted by molar-refractivity contribution is 0.0948. The second-order valence-electron chi connectivity index (χ2n) is 4.71. The van der Waals surface area contributed by atoms with Crippen molar-refractivity contribution in [2.45, 2.75) is 6.92 Å².